The maximum Gasteiger partial charge on any atom is 0.142 e. The zero-order valence-corrected chi connectivity index (χ0v) is 12.1. The van der Waals surface area contributed by atoms with Crippen molar-refractivity contribution in [2.45, 2.75) is 6.92 Å². The van der Waals surface area contributed by atoms with Crippen molar-refractivity contribution in [1.29, 1.82) is 0 Å². The molecule has 0 fully saturated rings. The van der Waals surface area contributed by atoms with Crippen LogP contribution in [0.1, 0.15) is 11.1 Å². The number of ether oxygens (including phenoxy) is 1. The second-order valence-corrected chi connectivity index (χ2v) is 4.82. The Labute approximate surface area is 122 Å². The molecule has 0 bridgehead atoms. The van der Waals surface area contributed by atoms with Crippen molar-refractivity contribution >= 4 is 28.6 Å². The van der Waals surface area contributed by atoms with E-state index >= 15 is 0 Å². The number of methoxy groups -OCH3 is 1. The Balaban J connectivity index is 2.44. The van der Waals surface area contributed by atoms with Crippen LogP contribution in [-0.2, 0) is 0 Å². The van der Waals surface area contributed by atoms with Crippen molar-refractivity contribution in [3.63, 3.8) is 0 Å². The summed E-state index contributed by atoms with van der Waals surface area (Å²) in [7, 11) is 1.59. The number of halogens is 1. The SMILES string of the molecule is COc1ccc(C)cc1Nc1ccc(F)cc1C(N)=S. The molecule has 0 saturated carbocycles. The van der Waals surface area contributed by atoms with Gasteiger partial charge >= 0.3 is 0 Å². The summed E-state index contributed by atoms with van der Waals surface area (Å²) in [5.41, 5.74) is 8.59. The molecule has 2 aromatic rings. The molecule has 0 aliphatic rings. The van der Waals surface area contributed by atoms with E-state index in [-0.39, 0.29) is 10.8 Å². The molecule has 5 heteroatoms. The molecule has 0 aliphatic heterocycles. The minimum Gasteiger partial charge on any atom is -0.495 e. The molecule has 0 unspecified atom stereocenters. The molecule has 0 saturated heterocycles. The van der Waals surface area contributed by atoms with Crippen molar-refractivity contribution in [3.05, 3.63) is 53.3 Å². The highest BCUT2D eigenvalue weighted by molar-refractivity contribution is 7.80. The molecule has 0 aliphatic carbocycles. The van der Waals surface area contributed by atoms with Crippen LogP contribution in [0.4, 0.5) is 15.8 Å². The molecule has 104 valence electrons. The highest BCUT2D eigenvalue weighted by atomic mass is 32.1. The number of anilines is 2. The summed E-state index contributed by atoms with van der Waals surface area (Å²) in [6, 6.07) is 10.0. The van der Waals surface area contributed by atoms with Gasteiger partial charge in [-0.2, -0.15) is 0 Å². The fourth-order valence-corrected chi connectivity index (χ4v) is 2.06. The van der Waals surface area contributed by atoms with Gasteiger partial charge in [-0.15, -0.1) is 0 Å². The Hall–Kier alpha value is -2.14. The Morgan fingerprint density at radius 2 is 1.95 bits per heavy atom. The molecular weight excluding hydrogens is 275 g/mol. The molecule has 20 heavy (non-hydrogen) atoms. The Bertz CT molecular complexity index is 658. The monoisotopic (exact) mass is 290 g/mol. The zero-order valence-electron chi connectivity index (χ0n) is 11.2. The minimum atomic E-state index is -0.380. The predicted octanol–water partition coefficient (Wildman–Crippen LogP) is 3.52. The third-order valence-electron chi connectivity index (χ3n) is 2.87. The lowest BCUT2D eigenvalue weighted by atomic mass is 10.1. The summed E-state index contributed by atoms with van der Waals surface area (Å²) in [5, 5.41) is 3.18. The third kappa shape index (κ3) is 3.05. The maximum absolute atomic E-state index is 13.3. The number of aryl methyl sites for hydroxylation is 1. The van der Waals surface area contributed by atoms with Gasteiger partial charge in [0.25, 0.3) is 0 Å². The number of nitrogens with two attached hydrogens (primary N) is 1. The predicted molar refractivity (Wildman–Crippen MR) is 83.3 cm³/mol. The number of nitrogens with one attached hydrogen (secondary N) is 1. The van der Waals surface area contributed by atoms with Gasteiger partial charge in [0.15, 0.2) is 0 Å². The van der Waals surface area contributed by atoms with Crippen molar-refractivity contribution < 1.29 is 9.13 Å². The molecule has 0 aromatic heterocycles. The van der Waals surface area contributed by atoms with Crippen LogP contribution in [0.3, 0.4) is 0 Å². The van der Waals surface area contributed by atoms with Crippen molar-refractivity contribution in [3.8, 4) is 5.75 Å². The van der Waals surface area contributed by atoms with Crippen LogP contribution in [0.5, 0.6) is 5.75 Å². The van der Waals surface area contributed by atoms with Gasteiger partial charge in [-0.1, -0.05) is 18.3 Å². The van der Waals surface area contributed by atoms with Gasteiger partial charge in [-0.05, 0) is 42.8 Å². The van der Waals surface area contributed by atoms with Crippen molar-refractivity contribution in [2.24, 2.45) is 5.73 Å². The molecule has 0 heterocycles. The van der Waals surface area contributed by atoms with Gasteiger partial charge in [0, 0.05) is 11.3 Å². The summed E-state index contributed by atoms with van der Waals surface area (Å²) in [6.45, 7) is 1.98. The smallest absolute Gasteiger partial charge is 0.142 e. The summed E-state index contributed by atoms with van der Waals surface area (Å²) in [4.78, 5) is 0.138. The second kappa shape index (κ2) is 5.88. The van der Waals surface area contributed by atoms with Gasteiger partial charge in [0.2, 0.25) is 0 Å². The van der Waals surface area contributed by atoms with E-state index in [1.165, 1.54) is 12.1 Å². The lowest BCUT2D eigenvalue weighted by Gasteiger charge is -2.14. The first-order valence-corrected chi connectivity index (χ1v) is 6.43. The summed E-state index contributed by atoms with van der Waals surface area (Å²) in [5.74, 6) is 0.309. The van der Waals surface area contributed by atoms with Gasteiger partial charge in [0.05, 0.1) is 12.8 Å². The van der Waals surface area contributed by atoms with E-state index < -0.39 is 0 Å². The highest BCUT2D eigenvalue weighted by Gasteiger charge is 2.10. The van der Waals surface area contributed by atoms with E-state index in [0.717, 1.165) is 11.3 Å². The van der Waals surface area contributed by atoms with E-state index in [1.807, 2.05) is 25.1 Å². The van der Waals surface area contributed by atoms with Crippen LogP contribution in [0.2, 0.25) is 0 Å². The fourth-order valence-electron chi connectivity index (χ4n) is 1.89. The molecule has 2 aromatic carbocycles. The lowest BCUT2D eigenvalue weighted by molar-refractivity contribution is 0.416. The number of thiocarbonyl (C=S) groups is 1. The maximum atomic E-state index is 13.3. The fraction of sp³-hybridized carbons (Fsp3) is 0.133. The Morgan fingerprint density at radius 1 is 1.20 bits per heavy atom. The first-order chi connectivity index (χ1) is 9.51. The molecule has 3 N–H and O–H groups in total. The largest absolute Gasteiger partial charge is 0.495 e. The molecule has 0 radical (unpaired) electrons. The average molecular weight is 290 g/mol. The molecule has 0 spiro atoms. The zero-order chi connectivity index (χ0) is 14.7. The van der Waals surface area contributed by atoms with E-state index in [9.17, 15) is 4.39 Å². The number of hydrogen-bond donors (Lipinski definition) is 2. The molecule has 3 nitrogen and oxygen atoms in total. The molecule has 0 atom stereocenters. The Kier molecular flexibility index (Phi) is 4.20. The summed E-state index contributed by atoms with van der Waals surface area (Å²) < 4.78 is 18.6. The molecule has 0 amide bonds. The van der Waals surface area contributed by atoms with Gasteiger partial charge in [-0.25, -0.2) is 4.39 Å². The summed E-state index contributed by atoms with van der Waals surface area (Å²) >= 11 is 4.95. The number of hydrogen-bond acceptors (Lipinski definition) is 3. The molecular formula is C15H15FN2OS. The van der Waals surface area contributed by atoms with Crippen LogP contribution in [0.25, 0.3) is 0 Å². The van der Waals surface area contributed by atoms with Crippen LogP contribution in [-0.4, -0.2) is 12.1 Å². The second-order valence-electron chi connectivity index (χ2n) is 4.38. The first-order valence-electron chi connectivity index (χ1n) is 6.02. The Morgan fingerprint density at radius 3 is 2.60 bits per heavy atom. The van der Waals surface area contributed by atoms with Crippen LogP contribution in [0.15, 0.2) is 36.4 Å². The van der Waals surface area contributed by atoms with Gasteiger partial charge in [0.1, 0.15) is 16.6 Å². The molecule has 2 rings (SSSR count). The average Bonchev–Trinajstić information content (AvgIpc) is 2.41. The van der Waals surface area contributed by atoms with E-state index in [0.29, 0.717) is 17.0 Å². The lowest BCUT2D eigenvalue weighted by Crippen LogP contribution is -2.12. The standard InChI is InChI=1S/C15H15FN2OS/c1-9-3-6-14(19-2)13(7-9)18-12-5-4-10(16)8-11(12)15(17)20/h3-8,18H,1-2H3,(H2,17,20). The van der Waals surface area contributed by atoms with E-state index in [1.54, 1.807) is 13.2 Å². The number of rotatable bonds is 4. The van der Waals surface area contributed by atoms with Crippen molar-refractivity contribution in [1.82, 2.24) is 0 Å². The highest BCUT2D eigenvalue weighted by Crippen LogP contribution is 2.30. The third-order valence-corrected chi connectivity index (χ3v) is 3.09. The first kappa shape index (κ1) is 14.3. The quantitative estimate of drug-likeness (QED) is 0.846. The van der Waals surface area contributed by atoms with Gasteiger partial charge < -0.3 is 15.8 Å². The van der Waals surface area contributed by atoms with Crippen LogP contribution in [0, 0.1) is 12.7 Å². The minimum absolute atomic E-state index is 0.138. The summed E-state index contributed by atoms with van der Waals surface area (Å²) in [6.07, 6.45) is 0. The van der Waals surface area contributed by atoms with E-state index in [2.05, 4.69) is 5.32 Å². The van der Waals surface area contributed by atoms with Crippen molar-refractivity contribution in [2.75, 3.05) is 12.4 Å². The number of benzene rings is 2. The van der Waals surface area contributed by atoms with E-state index in [4.69, 9.17) is 22.7 Å². The normalized spacial score (nSPS) is 10.2. The van der Waals surface area contributed by atoms with Crippen LogP contribution >= 0.6 is 12.2 Å². The van der Waals surface area contributed by atoms with Gasteiger partial charge in [-0.3, -0.25) is 0 Å². The topological polar surface area (TPSA) is 47.3 Å². The van der Waals surface area contributed by atoms with Crippen LogP contribution < -0.4 is 15.8 Å².